The van der Waals surface area contributed by atoms with Gasteiger partial charge >= 0.3 is 0 Å². The lowest BCUT2D eigenvalue weighted by Crippen LogP contribution is -2.33. The summed E-state index contributed by atoms with van der Waals surface area (Å²) in [5, 5.41) is 15.9. The quantitative estimate of drug-likeness (QED) is 0.541. The second-order valence-electron chi connectivity index (χ2n) is 6.93. The number of anilines is 3. The molecule has 9 heteroatoms. The Labute approximate surface area is 161 Å². The van der Waals surface area contributed by atoms with Crippen molar-refractivity contribution >= 4 is 28.4 Å². The van der Waals surface area contributed by atoms with Gasteiger partial charge in [-0.1, -0.05) is 0 Å². The Hall–Kier alpha value is -3.51. The fourth-order valence-electron chi connectivity index (χ4n) is 3.35. The summed E-state index contributed by atoms with van der Waals surface area (Å²) in [6, 6.07) is 7.55. The molecule has 1 fully saturated rings. The van der Waals surface area contributed by atoms with Gasteiger partial charge in [0.1, 0.15) is 6.07 Å². The molecule has 0 bridgehead atoms. The maximum atomic E-state index is 11.4. The number of nitriles is 1. The van der Waals surface area contributed by atoms with Crippen LogP contribution in [0.4, 0.5) is 17.3 Å². The van der Waals surface area contributed by atoms with Gasteiger partial charge in [0.25, 0.3) is 0 Å². The number of aromatic amines is 1. The van der Waals surface area contributed by atoms with Crippen molar-refractivity contribution in [1.82, 2.24) is 19.9 Å². The molecule has 0 atom stereocenters. The molecule has 0 spiro atoms. The van der Waals surface area contributed by atoms with Gasteiger partial charge in [-0.2, -0.15) is 5.26 Å². The van der Waals surface area contributed by atoms with Crippen LogP contribution >= 0.6 is 0 Å². The van der Waals surface area contributed by atoms with Crippen LogP contribution in [0.2, 0.25) is 0 Å². The van der Waals surface area contributed by atoms with Crippen LogP contribution in [-0.4, -0.2) is 32.0 Å². The molecule has 0 aromatic carbocycles. The fraction of sp³-hybridized carbons (Fsp3) is 0.316. The van der Waals surface area contributed by atoms with E-state index in [0.29, 0.717) is 34.1 Å². The number of nitrogens with zero attached hydrogens (tertiary/aromatic N) is 4. The van der Waals surface area contributed by atoms with Gasteiger partial charge in [-0.05, 0) is 37.8 Å². The Balaban J connectivity index is 1.55. The minimum absolute atomic E-state index is 0.201. The van der Waals surface area contributed by atoms with E-state index in [1.807, 2.05) is 6.07 Å². The minimum atomic E-state index is -0.201. The topological polar surface area (TPSA) is 145 Å². The highest BCUT2D eigenvalue weighted by molar-refractivity contribution is 5.74. The molecular weight excluding hydrogens is 356 g/mol. The number of nitrogens with one attached hydrogen (secondary N) is 3. The van der Waals surface area contributed by atoms with E-state index in [2.05, 4.69) is 36.6 Å². The zero-order chi connectivity index (χ0) is 19.5. The van der Waals surface area contributed by atoms with Gasteiger partial charge in [0.15, 0.2) is 5.69 Å². The van der Waals surface area contributed by atoms with Crippen molar-refractivity contribution in [2.45, 2.75) is 37.8 Å². The third kappa shape index (κ3) is 3.92. The van der Waals surface area contributed by atoms with Crippen LogP contribution in [0.3, 0.4) is 0 Å². The zero-order valence-electron chi connectivity index (χ0n) is 15.1. The van der Waals surface area contributed by atoms with Crippen LogP contribution in [0.25, 0.3) is 11.0 Å². The Morgan fingerprint density at radius 1 is 1.18 bits per heavy atom. The van der Waals surface area contributed by atoms with Crippen LogP contribution in [-0.2, 0) is 0 Å². The summed E-state index contributed by atoms with van der Waals surface area (Å²) in [4.78, 5) is 26.9. The number of H-pyrrole nitrogens is 1. The van der Waals surface area contributed by atoms with Gasteiger partial charge in [-0.15, -0.1) is 0 Å². The van der Waals surface area contributed by atoms with Crippen molar-refractivity contribution in [2.24, 2.45) is 5.73 Å². The molecule has 0 unspecified atom stereocenters. The molecule has 1 aliphatic carbocycles. The average Bonchev–Trinajstić information content (AvgIpc) is 2.70. The summed E-state index contributed by atoms with van der Waals surface area (Å²) in [5.41, 5.74) is 8.64. The highest BCUT2D eigenvalue weighted by Crippen LogP contribution is 2.25. The molecule has 28 heavy (non-hydrogen) atoms. The molecular formula is C19H20N8O. The number of nitrogens with two attached hydrogens (primary N) is 1. The number of hydrogen-bond acceptors (Lipinski definition) is 8. The second kappa shape index (κ2) is 7.62. The van der Waals surface area contributed by atoms with E-state index in [1.54, 1.807) is 18.5 Å². The van der Waals surface area contributed by atoms with Crippen molar-refractivity contribution in [2.75, 3.05) is 10.6 Å². The highest BCUT2D eigenvalue weighted by Gasteiger charge is 2.19. The van der Waals surface area contributed by atoms with Crippen LogP contribution in [0.5, 0.6) is 0 Å². The molecule has 4 rings (SSSR count). The highest BCUT2D eigenvalue weighted by atomic mass is 16.1. The number of aromatic nitrogens is 4. The summed E-state index contributed by atoms with van der Waals surface area (Å²) in [6.45, 7) is 0. The lowest BCUT2D eigenvalue weighted by atomic mass is 9.91. The van der Waals surface area contributed by atoms with Crippen molar-refractivity contribution in [1.29, 1.82) is 5.26 Å². The van der Waals surface area contributed by atoms with Gasteiger partial charge in [-0.3, -0.25) is 4.79 Å². The summed E-state index contributed by atoms with van der Waals surface area (Å²) in [5.74, 6) is 0.376. The Morgan fingerprint density at radius 2 is 2.00 bits per heavy atom. The lowest BCUT2D eigenvalue weighted by Gasteiger charge is -2.27. The number of pyridine rings is 2. The summed E-state index contributed by atoms with van der Waals surface area (Å²) < 4.78 is 0. The Morgan fingerprint density at radius 3 is 2.79 bits per heavy atom. The van der Waals surface area contributed by atoms with Gasteiger partial charge in [0.2, 0.25) is 11.5 Å². The van der Waals surface area contributed by atoms with Crippen molar-refractivity contribution < 1.29 is 0 Å². The lowest BCUT2D eigenvalue weighted by molar-refractivity contribution is 0.411. The van der Waals surface area contributed by atoms with E-state index in [0.717, 1.165) is 25.7 Å². The molecule has 3 aromatic rings. The molecule has 3 aromatic heterocycles. The molecule has 3 heterocycles. The summed E-state index contributed by atoms with van der Waals surface area (Å²) >= 11 is 0. The SMILES string of the molecule is N#Cc1ncc(Nc2ncc3[nH]c(=O)ccc3n2)cc1NC1CCC(N)CC1. The molecule has 9 nitrogen and oxygen atoms in total. The summed E-state index contributed by atoms with van der Waals surface area (Å²) in [7, 11) is 0. The van der Waals surface area contributed by atoms with Crippen LogP contribution in [0.1, 0.15) is 31.4 Å². The van der Waals surface area contributed by atoms with Gasteiger partial charge in [0, 0.05) is 18.2 Å². The number of hydrogen-bond donors (Lipinski definition) is 4. The first kappa shape index (κ1) is 17.9. The first-order valence-electron chi connectivity index (χ1n) is 9.16. The van der Waals surface area contributed by atoms with Crippen LogP contribution < -0.4 is 21.9 Å². The third-order valence-electron chi connectivity index (χ3n) is 4.85. The molecule has 0 saturated heterocycles. The maximum absolute atomic E-state index is 11.4. The monoisotopic (exact) mass is 376 g/mol. The van der Waals surface area contributed by atoms with E-state index in [9.17, 15) is 10.1 Å². The largest absolute Gasteiger partial charge is 0.380 e. The van der Waals surface area contributed by atoms with E-state index in [4.69, 9.17) is 5.73 Å². The maximum Gasteiger partial charge on any atom is 0.248 e. The fourth-order valence-corrected chi connectivity index (χ4v) is 3.35. The second-order valence-corrected chi connectivity index (χ2v) is 6.93. The van der Waals surface area contributed by atoms with Crippen LogP contribution in [0.15, 0.2) is 35.4 Å². The van der Waals surface area contributed by atoms with Crippen molar-refractivity contribution in [3.05, 3.63) is 46.6 Å². The Kier molecular flexibility index (Phi) is 4.87. The van der Waals surface area contributed by atoms with Crippen molar-refractivity contribution in [3.63, 3.8) is 0 Å². The normalized spacial score (nSPS) is 19.1. The predicted octanol–water partition coefficient (Wildman–Crippen LogP) is 2.01. The zero-order valence-corrected chi connectivity index (χ0v) is 15.1. The van der Waals surface area contributed by atoms with Gasteiger partial charge in [-0.25, -0.2) is 15.0 Å². The first-order valence-corrected chi connectivity index (χ1v) is 9.16. The van der Waals surface area contributed by atoms with Crippen LogP contribution in [0, 0.1) is 11.3 Å². The minimum Gasteiger partial charge on any atom is -0.380 e. The molecule has 5 N–H and O–H groups in total. The molecule has 142 valence electrons. The van der Waals surface area contributed by atoms with E-state index < -0.39 is 0 Å². The summed E-state index contributed by atoms with van der Waals surface area (Å²) in [6.07, 6.45) is 7.00. The Bertz CT molecular complexity index is 1100. The van der Waals surface area contributed by atoms with Crippen molar-refractivity contribution in [3.8, 4) is 6.07 Å². The third-order valence-corrected chi connectivity index (χ3v) is 4.85. The first-order chi connectivity index (χ1) is 13.6. The number of rotatable bonds is 4. The van der Waals surface area contributed by atoms with E-state index >= 15 is 0 Å². The molecule has 0 aliphatic heterocycles. The van der Waals surface area contributed by atoms with Gasteiger partial charge < -0.3 is 21.4 Å². The molecule has 1 saturated carbocycles. The van der Waals surface area contributed by atoms with E-state index in [-0.39, 0.29) is 17.6 Å². The average molecular weight is 376 g/mol. The predicted molar refractivity (Wildman–Crippen MR) is 106 cm³/mol. The molecule has 1 aliphatic rings. The molecule has 0 amide bonds. The molecule has 0 radical (unpaired) electrons. The van der Waals surface area contributed by atoms with E-state index in [1.165, 1.54) is 6.07 Å². The van der Waals surface area contributed by atoms with Gasteiger partial charge in [0.05, 0.1) is 34.8 Å². The standard InChI is InChI=1S/C19H20N8O/c20-8-16-15(24-12-3-1-11(21)2-4-12)7-13(9-22-16)25-19-23-10-17-14(27-19)5-6-18(28)26-17/h5-7,9-12,24H,1-4,21H2,(H,26,28)(H,23,25,27). The smallest absolute Gasteiger partial charge is 0.248 e. The number of fused-ring (bicyclic) bond motifs is 1.